The van der Waals surface area contributed by atoms with Crippen molar-refractivity contribution < 1.29 is 14.7 Å². The van der Waals surface area contributed by atoms with Gasteiger partial charge in [0.1, 0.15) is 5.69 Å². The molecule has 5 nitrogen and oxygen atoms in total. The Bertz CT molecular complexity index is 494. The lowest BCUT2D eigenvalue weighted by atomic mass is 9.84. The monoisotopic (exact) mass is 276 g/mol. The summed E-state index contributed by atoms with van der Waals surface area (Å²) >= 11 is 0. The van der Waals surface area contributed by atoms with Gasteiger partial charge >= 0.3 is 5.97 Å². The van der Waals surface area contributed by atoms with Crippen molar-refractivity contribution in [3.8, 4) is 0 Å². The number of nitrogens with zero attached hydrogens (tertiary/aromatic N) is 1. The third-order valence-corrected chi connectivity index (χ3v) is 4.01. The molecular weight excluding hydrogens is 256 g/mol. The fourth-order valence-electron chi connectivity index (χ4n) is 2.73. The van der Waals surface area contributed by atoms with E-state index < -0.39 is 5.97 Å². The summed E-state index contributed by atoms with van der Waals surface area (Å²) in [5, 5.41) is 12.0. The Labute approximate surface area is 118 Å². The third kappa shape index (κ3) is 3.35. The number of hydrogen-bond donors (Lipinski definition) is 2. The highest BCUT2D eigenvalue weighted by atomic mass is 16.4. The summed E-state index contributed by atoms with van der Waals surface area (Å²) in [6.45, 7) is 2.19. The van der Waals surface area contributed by atoms with Crippen molar-refractivity contribution >= 4 is 11.9 Å². The third-order valence-electron chi connectivity index (χ3n) is 4.01. The second kappa shape index (κ2) is 6.50. The number of amides is 1. The quantitative estimate of drug-likeness (QED) is 0.885. The number of carbonyl (C=O) groups excluding carboxylic acids is 1. The lowest BCUT2D eigenvalue weighted by molar-refractivity contribution is 0.0689. The number of carbonyl (C=O) groups is 2. The van der Waals surface area contributed by atoms with Gasteiger partial charge in [-0.2, -0.15) is 0 Å². The Kier molecular flexibility index (Phi) is 4.71. The predicted octanol–water partition coefficient (Wildman–Crippen LogP) is 2.48. The molecule has 1 heterocycles. The number of aromatic carboxylic acids is 1. The molecule has 0 bridgehead atoms. The lowest BCUT2D eigenvalue weighted by Gasteiger charge is -2.28. The van der Waals surface area contributed by atoms with E-state index in [-0.39, 0.29) is 23.2 Å². The largest absolute Gasteiger partial charge is 0.478 e. The van der Waals surface area contributed by atoms with Gasteiger partial charge < -0.3 is 10.4 Å². The van der Waals surface area contributed by atoms with Gasteiger partial charge in [-0.05, 0) is 43.7 Å². The van der Waals surface area contributed by atoms with Crippen molar-refractivity contribution in [2.24, 2.45) is 5.92 Å². The first-order valence-corrected chi connectivity index (χ1v) is 7.11. The molecule has 1 amide bonds. The van der Waals surface area contributed by atoms with E-state index in [4.69, 9.17) is 5.11 Å². The van der Waals surface area contributed by atoms with Gasteiger partial charge in [0.2, 0.25) is 0 Å². The van der Waals surface area contributed by atoms with Crippen LogP contribution in [0.5, 0.6) is 0 Å². The van der Waals surface area contributed by atoms with Gasteiger partial charge in [-0.25, -0.2) is 4.79 Å². The Hall–Kier alpha value is -1.91. The zero-order chi connectivity index (χ0) is 14.5. The van der Waals surface area contributed by atoms with E-state index in [1.807, 2.05) is 0 Å². The molecule has 1 aromatic heterocycles. The molecule has 0 unspecified atom stereocenters. The molecule has 2 N–H and O–H groups in total. The molecule has 0 spiro atoms. The number of carboxylic acid groups (broad SMARTS) is 1. The van der Waals surface area contributed by atoms with Crippen LogP contribution < -0.4 is 5.32 Å². The van der Waals surface area contributed by atoms with Crippen molar-refractivity contribution in [1.29, 1.82) is 0 Å². The summed E-state index contributed by atoms with van der Waals surface area (Å²) in [4.78, 5) is 27.1. The van der Waals surface area contributed by atoms with Crippen LogP contribution in [0.3, 0.4) is 0 Å². The van der Waals surface area contributed by atoms with Crippen molar-refractivity contribution in [3.63, 3.8) is 0 Å². The van der Waals surface area contributed by atoms with Gasteiger partial charge in [-0.1, -0.05) is 13.3 Å². The van der Waals surface area contributed by atoms with Crippen LogP contribution in [0.15, 0.2) is 18.3 Å². The Balaban J connectivity index is 2.01. The predicted molar refractivity (Wildman–Crippen MR) is 74.7 cm³/mol. The fourth-order valence-corrected chi connectivity index (χ4v) is 2.73. The highest BCUT2D eigenvalue weighted by molar-refractivity contribution is 6.03. The minimum absolute atomic E-state index is 0.00221. The van der Waals surface area contributed by atoms with Crippen LogP contribution in [0, 0.1) is 5.92 Å². The summed E-state index contributed by atoms with van der Waals surface area (Å²) in [7, 11) is 0. The summed E-state index contributed by atoms with van der Waals surface area (Å²) in [6.07, 6.45) is 6.78. The maximum absolute atomic E-state index is 12.2. The van der Waals surface area contributed by atoms with E-state index in [0.717, 1.165) is 31.6 Å². The fraction of sp³-hybridized carbons (Fsp3) is 0.533. The number of nitrogens with one attached hydrogen (secondary N) is 1. The minimum Gasteiger partial charge on any atom is -0.478 e. The number of aromatic nitrogens is 1. The molecule has 1 saturated carbocycles. The summed E-state index contributed by atoms with van der Waals surface area (Å²) < 4.78 is 0. The molecule has 20 heavy (non-hydrogen) atoms. The van der Waals surface area contributed by atoms with Crippen LogP contribution in [-0.2, 0) is 0 Å². The van der Waals surface area contributed by atoms with Crippen molar-refractivity contribution in [2.45, 2.75) is 45.1 Å². The van der Waals surface area contributed by atoms with Gasteiger partial charge in [-0.15, -0.1) is 0 Å². The molecule has 0 aliphatic heterocycles. The molecular formula is C15H20N2O3. The van der Waals surface area contributed by atoms with E-state index in [9.17, 15) is 9.59 Å². The van der Waals surface area contributed by atoms with Crippen LogP contribution in [0.4, 0.5) is 0 Å². The zero-order valence-electron chi connectivity index (χ0n) is 11.6. The first-order valence-electron chi connectivity index (χ1n) is 7.11. The Morgan fingerprint density at radius 1 is 1.35 bits per heavy atom. The molecule has 1 aromatic rings. The summed E-state index contributed by atoms with van der Waals surface area (Å²) in [5.41, 5.74) is -0.0511. The molecule has 5 heteroatoms. The molecule has 108 valence electrons. The highest BCUT2D eigenvalue weighted by Gasteiger charge is 2.24. The first kappa shape index (κ1) is 14.5. The lowest BCUT2D eigenvalue weighted by Crippen LogP contribution is -2.38. The standard InChI is InChI=1S/C15H20N2O3/c1-2-10-5-7-11(8-6-10)17-14(18)13-12(15(19)20)4-3-9-16-13/h3-4,9-11H,2,5-8H2,1H3,(H,17,18)(H,19,20). The number of rotatable bonds is 4. The summed E-state index contributed by atoms with van der Waals surface area (Å²) in [6, 6.07) is 3.05. The normalized spacial score (nSPS) is 22.2. The topological polar surface area (TPSA) is 79.3 Å². The second-order valence-corrected chi connectivity index (χ2v) is 5.30. The molecule has 1 aliphatic carbocycles. The van der Waals surface area contributed by atoms with Crippen molar-refractivity contribution in [3.05, 3.63) is 29.6 Å². The average Bonchev–Trinajstić information content (AvgIpc) is 2.48. The maximum atomic E-state index is 12.2. The number of pyridine rings is 1. The number of hydrogen-bond acceptors (Lipinski definition) is 3. The molecule has 0 radical (unpaired) electrons. The number of carboxylic acids is 1. The second-order valence-electron chi connectivity index (χ2n) is 5.30. The average molecular weight is 276 g/mol. The van der Waals surface area contributed by atoms with Gasteiger partial charge in [0.25, 0.3) is 5.91 Å². The smallest absolute Gasteiger partial charge is 0.338 e. The zero-order valence-corrected chi connectivity index (χ0v) is 11.6. The van der Waals surface area contributed by atoms with Crippen LogP contribution >= 0.6 is 0 Å². The molecule has 0 atom stereocenters. The van der Waals surface area contributed by atoms with Crippen molar-refractivity contribution in [2.75, 3.05) is 0 Å². The molecule has 1 aliphatic rings. The van der Waals surface area contributed by atoms with Crippen LogP contribution in [0.25, 0.3) is 0 Å². The Morgan fingerprint density at radius 3 is 2.65 bits per heavy atom. The first-order chi connectivity index (χ1) is 9.61. The minimum atomic E-state index is -1.13. The van der Waals surface area contributed by atoms with Gasteiger partial charge in [0, 0.05) is 12.2 Å². The van der Waals surface area contributed by atoms with Gasteiger partial charge in [-0.3, -0.25) is 9.78 Å². The molecule has 1 fully saturated rings. The van der Waals surface area contributed by atoms with E-state index in [1.54, 1.807) is 0 Å². The van der Waals surface area contributed by atoms with Crippen molar-refractivity contribution in [1.82, 2.24) is 10.3 Å². The van der Waals surface area contributed by atoms with Crippen LogP contribution in [-0.4, -0.2) is 28.0 Å². The molecule has 2 rings (SSSR count). The van der Waals surface area contributed by atoms with Gasteiger partial charge in [0.15, 0.2) is 0 Å². The molecule has 0 saturated heterocycles. The maximum Gasteiger partial charge on any atom is 0.338 e. The molecule has 0 aromatic carbocycles. The van der Waals surface area contributed by atoms with Gasteiger partial charge in [0.05, 0.1) is 5.56 Å². The van der Waals surface area contributed by atoms with Crippen LogP contribution in [0.2, 0.25) is 0 Å². The SMILES string of the molecule is CCC1CCC(NC(=O)c2ncccc2C(=O)O)CC1. The van der Waals surface area contributed by atoms with E-state index >= 15 is 0 Å². The van der Waals surface area contributed by atoms with E-state index in [1.165, 1.54) is 24.8 Å². The van der Waals surface area contributed by atoms with Crippen LogP contribution in [0.1, 0.15) is 59.9 Å². The Morgan fingerprint density at radius 2 is 2.05 bits per heavy atom. The van der Waals surface area contributed by atoms with E-state index in [0.29, 0.717) is 0 Å². The van der Waals surface area contributed by atoms with E-state index in [2.05, 4.69) is 17.2 Å². The highest BCUT2D eigenvalue weighted by Crippen LogP contribution is 2.26. The summed E-state index contributed by atoms with van der Waals surface area (Å²) in [5.74, 6) is -0.756.